The van der Waals surface area contributed by atoms with Crippen molar-refractivity contribution in [3.8, 4) is 0 Å². The van der Waals surface area contributed by atoms with Crippen molar-refractivity contribution in [3.63, 3.8) is 0 Å². The molecule has 3 N–H and O–H groups in total. The molecule has 0 bridgehead atoms. The predicted octanol–water partition coefficient (Wildman–Crippen LogP) is 1.95. The van der Waals surface area contributed by atoms with Gasteiger partial charge in [-0.15, -0.1) is 0 Å². The van der Waals surface area contributed by atoms with Gasteiger partial charge in [-0.2, -0.15) is 13.2 Å². The van der Waals surface area contributed by atoms with Crippen molar-refractivity contribution in [1.29, 1.82) is 0 Å². The van der Waals surface area contributed by atoms with Crippen LogP contribution in [0.2, 0.25) is 0 Å². The van der Waals surface area contributed by atoms with Gasteiger partial charge in [-0.05, 0) is 18.5 Å². The van der Waals surface area contributed by atoms with Gasteiger partial charge in [-0.3, -0.25) is 0 Å². The lowest BCUT2D eigenvalue weighted by Gasteiger charge is -2.20. The van der Waals surface area contributed by atoms with Crippen molar-refractivity contribution in [3.05, 3.63) is 35.9 Å². The molecule has 1 atom stereocenters. The first-order valence-corrected chi connectivity index (χ1v) is 7.74. The molecule has 0 saturated carbocycles. The van der Waals surface area contributed by atoms with E-state index in [2.05, 4.69) is 5.32 Å². The van der Waals surface area contributed by atoms with Gasteiger partial charge in [0.15, 0.2) is 0 Å². The molecule has 114 valence electrons. The number of benzene rings is 1. The van der Waals surface area contributed by atoms with Crippen LogP contribution in [-0.2, 0) is 10.0 Å². The Morgan fingerprint density at radius 2 is 1.80 bits per heavy atom. The molecule has 0 aliphatic rings. The summed E-state index contributed by atoms with van der Waals surface area (Å²) in [5.74, 6) is -0.256. The molecule has 1 unspecified atom stereocenters. The summed E-state index contributed by atoms with van der Waals surface area (Å²) in [7, 11) is -3.58. The zero-order chi connectivity index (χ0) is 15.2. The van der Waals surface area contributed by atoms with Crippen LogP contribution in [0.15, 0.2) is 30.3 Å². The van der Waals surface area contributed by atoms with E-state index in [9.17, 15) is 21.6 Å². The Labute approximate surface area is 116 Å². The lowest BCUT2D eigenvalue weighted by Crippen LogP contribution is -2.29. The summed E-state index contributed by atoms with van der Waals surface area (Å²) >= 11 is 0. The van der Waals surface area contributed by atoms with Crippen molar-refractivity contribution in [1.82, 2.24) is 5.32 Å². The molecule has 0 spiro atoms. The molecule has 0 aliphatic carbocycles. The second kappa shape index (κ2) is 7.05. The molecule has 0 heterocycles. The van der Waals surface area contributed by atoms with Crippen LogP contribution in [0.4, 0.5) is 13.2 Å². The smallest absolute Gasteiger partial charge is 0.310 e. The Kier molecular flexibility index (Phi) is 5.97. The van der Waals surface area contributed by atoms with E-state index in [1.165, 1.54) is 0 Å². The Morgan fingerprint density at radius 3 is 2.30 bits per heavy atom. The molecule has 0 radical (unpaired) electrons. The molecule has 1 rings (SSSR count). The number of sulfonamides is 1. The van der Waals surface area contributed by atoms with Gasteiger partial charge in [0.1, 0.15) is 0 Å². The maximum Gasteiger partial charge on any atom is 0.390 e. The highest BCUT2D eigenvalue weighted by atomic mass is 32.2. The quantitative estimate of drug-likeness (QED) is 0.756. The van der Waals surface area contributed by atoms with E-state index in [0.29, 0.717) is 5.56 Å². The van der Waals surface area contributed by atoms with Gasteiger partial charge in [0.05, 0.1) is 12.2 Å². The van der Waals surface area contributed by atoms with Gasteiger partial charge in [0, 0.05) is 6.04 Å². The normalized spacial score (nSPS) is 14.2. The van der Waals surface area contributed by atoms with Crippen LogP contribution < -0.4 is 10.5 Å². The Hall–Kier alpha value is -1.12. The Bertz CT molecular complexity index is 503. The molecule has 0 fully saturated rings. The number of alkyl halides is 3. The first kappa shape index (κ1) is 16.9. The number of hydrogen-bond acceptors (Lipinski definition) is 3. The molecule has 0 aliphatic heterocycles. The molecule has 0 amide bonds. The highest BCUT2D eigenvalue weighted by Crippen LogP contribution is 2.29. The third-order valence-electron chi connectivity index (χ3n) is 2.63. The van der Waals surface area contributed by atoms with Gasteiger partial charge >= 0.3 is 6.18 Å². The number of hydrogen-bond donors (Lipinski definition) is 2. The predicted molar refractivity (Wildman–Crippen MR) is 70.4 cm³/mol. The summed E-state index contributed by atoms with van der Waals surface area (Å²) in [6, 6.07) is 7.34. The van der Waals surface area contributed by atoms with Crippen LogP contribution in [0.25, 0.3) is 0 Å². The monoisotopic (exact) mass is 310 g/mol. The highest BCUT2D eigenvalue weighted by molar-refractivity contribution is 7.89. The molecule has 20 heavy (non-hydrogen) atoms. The topological polar surface area (TPSA) is 72.2 Å². The second-order valence-corrected chi connectivity index (χ2v) is 6.19. The van der Waals surface area contributed by atoms with Crippen LogP contribution >= 0.6 is 0 Å². The number of nitrogens with one attached hydrogen (secondary N) is 1. The second-order valence-electron chi connectivity index (χ2n) is 4.46. The average Bonchev–Trinajstić information content (AvgIpc) is 2.31. The van der Waals surface area contributed by atoms with Crippen LogP contribution in [0.1, 0.15) is 24.4 Å². The van der Waals surface area contributed by atoms with E-state index in [4.69, 9.17) is 5.14 Å². The van der Waals surface area contributed by atoms with Crippen molar-refractivity contribution in [2.24, 2.45) is 5.14 Å². The van der Waals surface area contributed by atoms with Crippen molar-refractivity contribution >= 4 is 10.0 Å². The lowest BCUT2D eigenvalue weighted by atomic mass is 10.0. The summed E-state index contributed by atoms with van der Waals surface area (Å²) in [5.41, 5.74) is 0.514. The fourth-order valence-corrected chi connectivity index (χ4v) is 2.32. The zero-order valence-electron chi connectivity index (χ0n) is 10.7. The van der Waals surface area contributed by atoms with Gasteiger partial charge in [0.25, 0.3) is 0 Å². The molecule has 0 aromatic heterocycles. The maximum absolute atomic E-state index is 12.5. The Balaban J connectivity index is 2.60. The van der Waals surface area contributed by atoms with E-state index in [0.717, 1.165) is 0 Å². The van der Waals surface area contributed by atoms with Gasteiger partial charge in [-0.1, -0.05) is 30.3 Å². The largest absolute Gasteiger partial charge is 0.390 e. The van der Waals surface area contributed by atoms with Crippen LogP contribution in [0.3, 0.4) is 0 Å². The summed E-state index contributed by atoms with van der Waals surface area (Å²) in [6.45, 7) is 0.145. The molecular weight excluding hydrogens is 293 g/mol. The van der Waals surface area contributed by atoms with Gasteiger partial charge < -0.3 is 5.32 Å². The van der Waals surface area contributed by atoms with Crippen molar-refractivity contribution in [2.45, 2.75) is 25.1 Å². The third-order valence-corrected chi connectivity index (χ3v) is 3.49. The molecular formula is C12H17F3N2O2S. The number of nitrogens with two attached hydrogens (primary N) is 1. The zero-order valence-corrected chi connectivity index (χ0v) is 11.5. The fraction of sp³-hybridized carbons (Fsp3) is 0.500. The average molecular weight is 310 g/mol. The Morgan fingerprint density at radius 1 is 1.20 bits per heavy atom. The fourth-order valence-electron chi connectivity index (χ4n) is 1.77. The molecule has 4 nitrogen and oxygen atoms in total. The third kappa shape index (κ3) is 7.46. The minimum atomic E-state index is -4.30. The van der Waals surface area contributed by atoms with Crippen molar-refractivity contribution < 1.29 is 21.6 Å². The van der Waals surface area contributed by atoms with E-state index in [-0.39, 0.29) is 18.7 Å². The van der Waals surface area contributed by atoms with E-state index < -0.39 is 28.7 Å². The standard InChI is InChI=1S/C12H17F3N2O2S/c13-12(14,15)9-11(10-5-2-1-3-6-10)17-7-4-8-20(16,18)19/h1-3,5-6,11,17H,4,7-9H2,(H2,16,18,19). The first-order chi connectivity index (χ1) is 9.17. The lowest BCUT2D eigenvalue weighted by molar-refractivity contribution is -0.140. The summed E-state index contributed by atoms with van der Waals surface area (Å²) in [6.07, 6.45) is -5.14. The van der Waals surface area contributed by atoms with Gasteiger partial charge in [0.2, 0.25) is 10.0 Å². The molecule has 8 heteroatoms. The summed E-state index contributed by atoms with van der Waals surface area (Å²) < 4.78 is 59.1. The van der Waals surface area contributed by atoms with Crippen LogP contribution in [0, 0.1) is 0 Å². The van der Waals surface area contributed by atoms with E-state index in [1.54, 1.807) is 30.3 Å². The van der Waals surface area contributed by atoms with E-state index in [1.807, 2.05) is 0 Å². The van der Waals surface area contributed by atoms with E-state index >= 15 is 0 Å². The van der Waals surface area contributed by atoms with Crippen LogP contribution in [0.5, 0.6) is 0 Å². The molecule has 1 aromatic rings. The number of halogens is 3. The maximum atomic E-state index is 12.5. The highest BCUT2D eigenvalue weighted by Gasteiger charge is 2.32. The van der Waals surface area contributed by atoms with Crippen LogP contribution in [-0.4, -0.2) is 26.9 Å². The summed E-state index contributed by atoms with van der Waals surface area (Å²) in [4.78, 5) is 0. The van der Waals surface area contributed by atoms with Crippen molar-refractivity contribution in [2.75, 3.05) is 12.3 Å². The first-order valence-electron chi connectivity index (χ1n) is 6.03. The number of primary sulfonamides is 1. The minimum Gasteiger partial charge on any atom is -0.310 e. The SMILES string of the molecule is NS(=O)(=O)CCCNC(CC(F)(F)F)c1ccccc1. The summed E-state index contributed by atoms with van der Waals surface area (Å²) in [5, 5.41) is 7.55. The molecule has 1 aromatic carbocycles. The minimum absolute atomic E-state index is 0.145. The van der Waals surface area contributed by atoms with Gasteiger partial charge in [-0.25, -0.2) is 13.6 Å². The number of rotatable bonds is 7. The molecule has 0 saturated heterocycles.